The molecule has 1 atom stereocenters. The summed E-state index contributed by atoms with van der Waals surface area (Å²) >= 11 is 1.77. The average Bonchev–Trinajstić information content (AvgIpc) is 2.45. The van der Waals surface area contributed by atoms with Crippen LogP contribution in [0.25, 0.3) is 0 Å². The second kappa shape index (κ2) is 6.33. The molecule has 0 fully saturated rings. The van der Waals surface area contributed by atoms with E-state index in [0.717, 1.165) is 30.7 Å². The fourth-order valence-electron chi connectivity index (χ4n) is 2.36. The van der Waals surface area contributed by atoms with Crippen LogP contribution in [-0.4, -0.2) is 42.4 Å². The van der Waals surface area contributed by atoms with Gasteiger partial charge in [0, 0.05) is 36.6 Å². The molecule has 104 valence electrons. The molecule has 0 aromatic heterocycles. The SMILES string of the molecule is CSCC(C)N(C)C(=O)c1ccc2c(c1)CCCN2. The number of carbonyl (C=O) groups is 1. The molecule has 1 aromatic carbocycles. The van der Waals surface area contributed by atoms with E-state index in [9.17, 15) is 4.79 Å². The highest BCUT2D eigenvalue weighted by molar-refractivity contribution is 7.98. The second-order valence-electron chi connectivity index (χ2n) is 5.12. The van der Waals surface area contributed by atoms with E-state index >= 15 is 0 Å². The number of nitrogens with one attached hydrogen (secondary N) is 1. The molecule has 0 radical (unpaired) electrons. The standard InChI is InChI=1S/C15H22N2OS/c1-11(10-19-3)17(2)15(18)13-6-7-14-12(9-13)5-4-8-16-14/h6-7,9,11,16H,4-5,8,10H2,1-3H3. The summed E-state index contributed by atoms with van der Waals surface area (Å²) in [7, 11) is 1.89. The van der Waals surface area contributed by atoms with Gasteiger partial charge in [-0.2, -0.15) is 11.8 Å². The first-order valence-corrected chi connectivity index (χ1v) is 8.15. The summed E-state index contributed by atoms with van der Waals surface area (Å²) in [4.78, 5) is 14.3. The van der Waals surface area contributed by atoms with Gasteiger partial charge in [-0.05, 0) is 49.8 Å². The van der Waals surface area contributed by atoms with Gasteiger partial charge in [0.2, 0.25) is 0 Å². The molecule has 0 saturated carbocycles. The van der Waals surface area contributed by atoms with Gasteiger partial charge in [0.15, 0.2) is 0 Å². The van der Waals surface area contributed by atoms with E-state index in [4.69, 9.17) is 0 Å². The normalized spacial score (nSPS) is 15.3. The maximum Gasteiger partial charge on any atom is 0.253 e. The minimum absolute atomic E-state index is 0.120. The van der Waals surface area contributed by atoms with Gasteiger partial charge < -0.3 is 10.2 Å². The summed E-state index contributed by atoms with van der Waals surface area (Å²) < 4.78 is 0. The Morgan fingerprint density at radius 3 is 3.05 bits per heavy atom. The lowest BCUT2D eigenvalue weighted by atomic mass is 10.0. The van der Waals surface area contributed by atoms with Crippen LogP contribution in [0.5, 0.6) is 0 Å². The van der Waals surface area contributed by atoms with Crippen LogP contribution in [0.2, 0.25) is 0 Å². The zero-order valence-corrected chi connectivity index (χ0v) is 12.7. The smallest absolute Gasteiger partial charge is 0.253 e. The van der Waals surface area contributed by atoms with Crippen molar-refractivity contribution < 1.29 is 4.79 Å². The van der Waals surface area contributed by atoms with Crippen LogP contribution in [0.3, 0.4) is 0 Å². The minimum atomic E-state index is 0.120. The summed E-state index contributed by atoms with van der Waals surface area (Å²) in [5, 5.41) is 3.37. The van der Waals surface area contributed by atoms with Crippen LogP contribution < -0.4 is 5.32 Å². The predicted octanol–water partition coefficient (Wildman–Crippen LogP) is 2.87. The molecule has 1 aliphatic heterocycles. The highest BCUT2D eigenvalue weighted by Crippen LogP contribution is 2.23. The first-order valence-electron chi connectivity index (χ1n) is 6.76. The molecule has 1 heterocycles. The fourth-order valence-corrected chi connectivity index (χ4v) is 3.07. The average molecular weight is 278 g/mol. The van der Waals surface area contributed by atoms with E-state index in [0.29, 0.717) is 0 Å². The largest absolute Gasteiger partial charge is 0.385 e. The van der Waals surface area contributed by atoms with Gasteiger partial charge in [0.05, 0.1) is 0 Å². The quantitative estimate of drug-likeness (QED) is 0.919. The molecule has 3 nitrogen and oxygen atoms in total. The molecular weight excluding hydrogens is 256 g/mol. The van der Waals surface area contributed by atoms with Crippen molar-refractivity contribution in [1.29, 1.82) is 0 Å². The highest BCUT2D eigenvalue weighted by Gasteiger charge is 2.18. The number of aryl methyl sites for hydroxylation is 1. The Bertz CT molecular complexity index is 461. The molecule has 0 spiro atoms. The molecular formula is C15H22N2OS. The Morgan fingerprint density at radius 2 is 2.32 bits per heavy atom. The van der Waals surface area contributed by atoms with E-state index in [1.165, 1.54) is 11.3 Å². The second-order valence-corrected chi connectivity index (χ2v) is 6.03. The number of amides is 1. The molecule has 2 rings (SSSR count). The fraction of sp³-hybridized carbons (Fsp3) is 0.533. The first-order chi connectivity index (χ1) is 9.13. The number of benzene rings is 1. The number of thioether (sulfide) groups is 1. The van der Waals surface area contributed by atoms with Gasteiger partial charge in [-0.25, -0.2) is 0 Å². The summed E-state index contributed by atoms with van der Waals surface area (Å²) in [5.41, 5.74) is 3.25. The third-order valence-corrected chi connectivity index (χ3v) is 4.50. The van der Waals surface area contributed by atoms with Crippen molar-refractivity contribution in [1.82, 2.24) is 4.90 Å². The molecule has 1 aromatic rings. The number of carbonyl (C=O) groups excluding carboxylic acids is 1. The van der Waals surface area contributed by atoms with Gasteiger partial charge in [0.1, 0.15) is 0 Å². The zero-order valence-electron chi connectivity index (χ0n) is 11.9. The molecule has 0 aliphatic carbocycles. The molecule has 1 unspecified atom stereocenters. The third kappa shape index (κ3) is 3.24. The number of fused-ring (bicyclic) bond motifs is 1. The summed E-state index contributed by atoms with van der Waals surface area (Å²) in [6.07, 6.45) is 4.27. The van der Waals surface area contributed by atoms with Crippen molar-refractivity contribution in [2.24, 2.45) is 0 Å². The van der Waals surface area contributed by atoms with Crippen LogP contribution in [0.4, 0.5) is 5.69 Å². The summed E-state index contributed by atoms with van der Waals surface area (Å²) in [6, 6.07) is 6.28. The number of nitrogens with zero attached hydrogens (tertiary/aromatic N) is 1. The Hall–Kier alpha value is -1.16. The van der Waals surface area contributed by atoms with Crippen LogP contribution in [-0.2, 0) is 6.42 Å². The number of rotatable bonds is 4. The van der Waals surface area contributed by atoms with Crippen LogP contribution in [0.15, 0.2) is 18.2 Å². The lowest BCUT2D eigenvalue weighted by Gasteiger charge is -2.25. The van der Waals surface area contributed by atoms with Crippen LogP contribution >= 0.6 is 11.8 Å². The maximum atomic E-state index is 12.4. The third-order valence-electron chi connectivity index (χ3n) is 3.68. The molecule has 19 heavy (non-hydrogen) atoms. The molecule has 4 heteroatoms. The zero-order chi connectivity index (χ0) is 13.8. The van der Waals surface area contributed by atoms with E-state index in [1.807, 2.05) is 30.1 Å². The maximum absolute atomic E-state index is 12.4. The minimum Gasteiger partial charge on any atom is -0.385 e. The number of anilines is 1. The molecule has 1 N–H and O–H groups in total. The Labute approximate surface area is 119 Å². The van der Waals surface area contributed by atoms with Gasteiger partial charge in [-0.15, -0.1) is 0 Å². The molecule has 0 saturated heterocycles. The lowest BCUT2D eigenvalue weighted by molar-refractivity contribution is 0.0757. The van der Waals surface area contributed by atoms with Crippen LogP contribution in [0, 0.1) is 0 Å². The summed E-state index contributed by atoms with van der Waals surface area (Å²) in [6.45, 7) is 3.12. The number of hydrogen-bond acceptors (Lipinski definition) is 3. The van der Waals surface area contributed by atoms with Crippen molar-refractivity contribution in [3.63, 3.8) is 0 Å². The lowest BCUT2D eigenvalue weighted by Crippen LogP contribution is -2.36. The van der Waals surface area contributed by atoms with Crippen molar-refractivity contribution in [3.05, 3.63) is 29.3 Å². The van der Waals surface area contributed by atoms with Crippen molar-refractivity contribution in [2.45, 2.75) is 25.8 Å². The monoisotopic (exact) mass is 278 g/mol. The molecule has 1 aliphatic rings. The Morgan fingerprint density at radius 1 is 1.53 bits per heavy atom. The van der Waals surface area contributed by atoms with E-state index < -0.39 is 0 Å². The van der Waals surface area contributed by atoms with Gasteiger partial charge in [-0.3, -0.25) is 4.79 Å². The van der Waals surface area contributed by atoms with Crippen molar-refractivity contribution in [3.8, 4) is 0 Å². The highest BCUT2D eigenvalue weighted by atomic mass is 32.2. The Kier molecular flexibility index (Phi) is 4.75. The van der Waals surface area contributed by atoms with E-state index in [2.05, 4.69) is 18.5 Å². The van der Waals surface area contributed by atoms with Crippen molar-refractivity contribution in [2.75, 3.05) is 30.9 Å². The summed E-state index contributed by atoms with van der Waals surface area (Å²) in [5.74, 6) is 1.09. The number of hydrogen-bond donors (Lipinski definition) is 1. The predicted molar refractivity (Wildman–Crippen MR) is 83.2 cm³/mol. The topological polar surface area (TPSA) is 32.3 Å². The van der Waals surface area contributed by atoms with Gasteiger partial charge in [-0.1, -0.05) is 0 Å². The van der Waals surface area contributed by atoms with Crippen LogP contribution in [0.1, 0.15) is 29.3 Å². The Balaban J connectivity index is 2.15. The first kappa shape index (κ1) is 14.3. The van der Waals surface area contributed by atoms with Crippen molar-refractivity contribution >= 4 is 23.4 Å². The molecule has 0 bridgehead atoms. The van der Waals surface area contributed by atoms with E-state index in [-0.39, 0.29) is 11.9 Å². The van der Waals surface area contributed by atoms with E-state index in [1.54, 1.807) is 11.8 Å². The molecule has 1 amide bonds. The van der Waals surface area contributed by atoms with Gasteiger partial charge in [0.25, 0.3) is 5.91 Å². The van der Waals surface area contributed by atoms with Gasteiger partial charge >= 0.3 is 0 Å².